The van der Waals surface area contributed by atoms with Crippen molar-refractivity contribution in [2.75, 3.05) is 25.2 Å². The average Bonchev–Trinajstić information content (AvgIpc) is 3.01. The van der Waals surface area contributed by atoms with E-state index in [1.54, 1.807) is 24.3 Å². The molecule has 1 aliphatic heterocycles. The Kier molecular flexibility index (Phi) is 7.12. The minimum absolute atomic E-state index is 0.169. The first-order valence-electron chi connectivity index (χ1n) is 9.24. The lowest BCUT2D eigenvalue weighted by Gasteiger charge is -2.14. The number of nitrogens with zero attached hydrogens (tertiary/aromatic N) is 1. The topological polar surface area (TPSA) is 65.1 Å². The van der Waals surface area contributed by atoms with Crippen LogP contribution in [0.4, 0.5) is 5.69 Å². The lowest BCUT2D eigenvalue weighted by atomic mass is 10.1. The van der Waals surface area contributed by atoms with Gasteiger partial charge in [-0.2, -0.15) is 0 Å². The Hall–Kier alpha value is -2.84. The summed E-state index contributed by atoms with van der Waals surface area (Å²) in [6.45, 7) is 4.05. The molecule has 1 heterocycles. The maximum Gasteiger partial charge on any atom is 0.343 e. The number of thioether (sulfide) groups is 1. The highest BCUT2D eigenvalue weighted by Gasteiger charge is 2.33. The summed E-state index contributed by atoms with van der Waals surface area (Å²) < 4.78 is 16.2. The third-order valence-corrected chi connectivity index (χ3v) is 5.53. The van der Waals surface area contributed by atoms with Crippen molar-refractivity contribution in [3.8, 4) is 11.5 Å². The van der Waals surface area contributed by atoms with Crippen LogP contribution in [0.25, 0.3) is 6.08 Å². The highest BCUT2D eigenvalue weighted by molar-refractivity contribution is 8.27. The fourth-order valence-electron chi connectivity index (χ4n) is 2.73. The van der Waals surface area contributed by atoms with Crippen molar-refractivity contribution in [3.63, 3.8) is 0 Å². The van der Waals surface area contributed by atoms with Gasteiger partial charge in [-0.1, -0.05) is 47.7 Å². The Bertz CT molecular complexity index is 1000. The predicted molar refractivity (Wildman–Crippen MR) is 122 cm³/mol. The minimum Gasteiger partial charge on any atom is -0.490 e. The molecule has 0 atom stereocenters. The summed E-state index contributed by atoms with van der Waals surface area (Å²) >= 11 is 6.67. The number of methoxy groups -OCH3 is 1. The fraction of sp³-hybridized carbons (Fsp3) is 0.227. The Morgan fingerprint density at radius 3 is 2.53 bits per heavy atom. The van der Waals surface area contributed by atoms with Crippen molar-refractivity contribution < 1.29 is 23.8 Å². The molecule has 3 rings (SSSR count). The maximum atomic E-state index is 12.9. The molecule has 0 aliphatic carbocycles. The van der Waals surface area contributed by atoms with E-state index in [4.69, 9.17) is 21.7 Å². The Balaban J connectivity index is 1.84. The zero-order valence-electron chi connectivity index (χ0n) is 16.8. The van der Waals surface area contributed by atoms with E-state index in [0.29, 0.717) is 27.3 Å². The van der Waals surface area contributed by atoms with Crippen LogP contribution in [0, 0.1) is 6.92 Å². The van der Waals surface area contributed by atoms with Gasteiger partial charge in [-0.3, -0.25) is 9.69 Å². The number of esters is 1. The number of amides is 1. The number of benzene rings is 2. The van der Waals surface area contributed by atoms with Crippen molar-refractivity contribution in [2.24, 2.45) is 0 Å². The van der Waals surface area contributed by atoms with Crippen molar-refractivity contribution in [3.05, 3.63) is 58.5 Å². The Morgan fingerprint density at radius 1 is 1.13 bits per heavy atom. The number of hydrogen-bond acceptors (Lipinski definition) is 7. The molecule has 0 bridgehead atoms. The van der Waals surface area contributed by atoms with Crippen LogP contribution in [0.3, 0.4) is 0 Å². The van der Waals surface area contributed by atoms with Crippen LogP contribution < -0.4 is 14.4 Å². The second kappa shape index (κ2) is 9.77. The number of carbonyl (C=O) groups is 2. The van der Waals surface area contributed by atoms with Gasteiger partial charge in [-0.25, -0.2) is 4.79 Å². The maximum absolute atomic E-state index is 12.9. The predicted octanol–water partition coefficient (Wildman–Crippen LogP) is 4.35. The minimum atomic E-state index is -0.485. The molecule has 0 spiro atoms. The van der Waals surface area contributed by atoms with Crippen molar-refractivity contribution >= 4 is 51.9 Å². The summed E-state index contributed by atoms with van der Waals surface area (Å²) in [7, 11) is 1.30. The molecule has 2 aromatic rings. The van der Waals surface area contributed by atoms with Crippen LogP contribution in [-0.4, -0.2) is 36.5 Å². The van der Waals surface area contributed by atoms with Gasteiger partial charge in [0.1, 0.15) is 0 Å². The van der Waals surface area contributed by atoms with Gasteiger partial charge in [-0.05, 0) is 49.8 Å². The van der Waals surface area contributed by atoms with Gasteiger partial charge in [0.25, 0.3) is 5.91 Å². The number of hydrogen-bond donors (Lipinski definition) is 0. The van der Waals surface area contributed by atoms with E-state index in [1.807, 2.05) is 38.1 Å². The van der Waals surface area contributed by atoms with Crippen LogP contribution >= 0.6 is 24.0 Å². The molecular weight excluding hydrogens is 422 g/mol. The van der Waals surface area contributed by atoms with E-state index in [0.717, 1.165) is 16.8 Å². The molecule has 2 aromatic carbocycles. The van der Waals surface area contributed by atoms with Gasteiger partial charge in [0.2, 0.25) is 0 Å². The molecule has 0 unspecified atom stereocenters. The normalized spacial score (nSPS) is 14.9. The van der Waals surface area contributed by atoms with Gasteiger partial charge >= 0.3 is 5.97 Å². The van der Waals surface area contributed by atoms with Crippen LogP contribution in [0.15, 0.2) is 47.4 Å². The van der Waals surface area contributed by atoms with Gasteiger partial charge in [0.05, 0.1) is 24.3 Å². The molecule has 0 radical (unpaired) electrons. The number of carbonyl (C=O) groups excluding carboxylic acids is 2. The van der Waals surface area contributed by atoms with Crippen LogP contribution in [-0.2, 0) is 14.3 Å². The monoisotopic (exact) mass is 443 g/mol. The van der Waals surface area contributed by atoms with Gasteiger partial charge in [-0.15, -0.1) is 0 Å². The largest absolute Gasteiger partial charge is 0.490 e. The first-order valence-corrected chi connectivity index (χ1v) is 10.5. The highest BCUT2D eigenvalue weighted by atomic mass is 32.2. The molecular formula is C22H21NO5S2. The van der Waals surface area contributed by atoms with Gasteiger partial charge < -0.3 is 14.2 Å². The summed E-state index contributed by atoms with van der Waals surface area (Å²) in [6, 6.07) is 12.9. The molecule has 6 nitrogen and oxygen atoms in total. The lowest BCUT2D eigenvalue weighted by Crippen LogP contribution is -2.27. The molecule has 1 saturated heterocycles. The zero-order chi connectivity index (χ0) is 21.7. The lowest BCUT2D eigenvalue weighted by molar-refractivity contribution is -0.142. The van der Waals surface area contributed by atoms with E-state index in [1.165, 1.54) is 23.8 Å². The van der Waals surface area contributed by atoms with Crippen molar-refractivity contribution in [1.82, 2.24) is 0 Å². The molecule has 0 aromatic heterocycles. The van der Waals surface area contributed by atoms with E-state index >= 15 is 0 Å². The molecule has 156 valence electrons. The van der Waals surface area contributed by atoms with Gasteiger partial charge in [0.15, 0.2) is 22.4 Å². The van der Waals surface area contributed by atoms with Crippen molar-refractivity contribution in [1.29, 1.82) is 0 Å². The van der Waals surface area contributed by atoms with Crippen LogP contribution in [0.1, 0.15) is 18.1 Å². The number of aryl methyl sites for hydroxylation is 1. The molecule has 8 heteroatoms. The Morgan fingerprint density at radius 2 is 1.87 bits per heavy atom. The second-order valence-electron chi connectivity index (χ2n) is 6.36. The van der Waals surface area contributed by atoms with E-state index in [9.17, 15) is 9.59 Å². The zero-order valence-corrected chi connectivity index (χ0v) is 18.5. The summed E-state index contributed by atoms with van der Waals surface area (Å²) in [5, 5.41) is 0. The standard InChI is InChI=1S/C22H21NO5S2/c1-4-27-18-11-15(7-10-17(18)28-13-20(24)26-3)12-19-21(25)23(22(29)30-19)16-8-5-14(2)6-9-16/h5-12H,4,13H2,1-3H3/b19-12-. The first-order chi connectivity index (χ1) is 14.4. The molecule has 1 aliphatic rings. The second-order valence-corrected chi connectivity index (χ2v) is 8.03. The quantitative estimate of drug-likeness (QED) is 0.358. The highest BCUT2D eigenvalue weighted by Crippen LogP contribution is 2.37. The van der Waals surface area contributed by atoms with E-state index < -0.39 is 5.97 Å². The Labute approximate surface area is 184 Å². The number of ether oxygens (including phenoxy) is 3. The molecule has 0 N–H and O–H groups in total. The summed E-state index contributed by atoms with van der Waals surface area (Å²) in [4.78, 5) is 26.3. The first kappa shape index (κ1) is 21.9. The summed E-state index contributed by atoms with van der Waals surface area (Å²) in [5.41, 5.74) is 2.61. The van der Waals surface area contributed by atoms with Crippen molar-refractivity contribution in [2.45, 2.75) is 13.8 Å². The van der Waals surface area contributed by atoms with Crippen LogP contribution in [0.5, 0.6) is 11.5 Å². The smallest absolute Gasteiger partial charge is 0.343 e. The van der Waals surface area contributed by atoms with Crippen LogP contribution in [0.2, 0.25) is 0 Å². The van der Waals surface area contributed by atoms with E-state index in [-0.39, 0.29) is 12.5 Å². The number of rotatable bonds is 7. The third kappa shape index (κ3) is 5.01. The van der Waals surface area contributed by atoms with E-state index in [2.05, 4.69) is 4.74 Å². The average molecular weight is 444 g/mol. The molecule has 0 saturated carbocycles. The third-order valence-electron chi connectivity index (χ3n) is 4.22. The summed E-state index contributed by atoms with van der Waals surface area (Å²) in [5.74, 6) is 0.245. The fourth-order valence-corrected chi connectivity index (χ4v) is 4.03. The molecule has 1 amide bonds. The summed E-state index contributed by atoms with van der Waals surface area (Å²) in [6.07, 6.45) is 1.76. The SMILES string of the molecule is CCOc1cc(/C=C2\SC(=S)N(c3ccc(C)cc3)C2=O)ccc1OCC(=O)OC. The van der Waals surface area contributed by atoms with Gasteiger partial charge in [0, 0.05) is 0 Å². The molecule has 1 fully saturated rings. The number of thiocarbonyl (C=S) groups is 1. The molecule has 30 heavy (non-hydrogen) atoms. The number of anilines is 1.